The van der Waals surface area contributed by atoms with Gasteiger partial charge in [0.05, 0.1) is 6.04 Å². The van der Waals surface area contributed by atoms with E-state index in [0.717, 1.165) is 21.5 Å². The zero-order valence-electron chi connectivity index (χ0n) is 11.2. The van der Waals surface area contributed by atoms with Crippen molar-refractivity contribution >= 4 is 26.9 Å². The molecule has 0 bridgehead atoms. The van der Waals surface area contributed by atoms with Gasteiger partial charge in [0.2, 0.25) is 0 Å². The highest BCUT2D eigenvalue weighted by Gasteiger charge is 2.20. The van der Waals surface area contributed by atoms with Crippen LogP contribution in [0, 0.1) is 18.6 Å². The Balaban J connectivity index is 2.12. The molecule has 0 aliphatic rings. The maximum absolute atomic E-state index is 13.8. The quantitative estimate of drug-likeness (QED) is 0.718. The van der Waals surface area contributed by atoms with Crippen LogP contribution in [0.3, 0.4) is 0 Å². The van der Waals surface area contributed by atoms with E-state index < -0.39 is 17.7 Å². The molecule has 21 heavy (non-hydrogen) atoms. The Kier molecular flexibility index (Phi) is 3.55. The van der Waals surface area contributed by atoms with Crippen LogP contribution >= 0.6 is 15.9 Å². The van der Waals surface area contributed by atoms with E-state index in [4.69, 9.17) is 10.2 Å². The third-order valence-corrected chi connectivity index (χ3v) is 3.87. The van der Waals surface area contributed by atoms with Crippen molar-refractivity contribution in [1.82, 2.24) is 0 Å². The van der Waals surface area contributed by atoms with Crippen LogP contribution in [0.25, 0.3) is 11.0 Å². The van der Waals surface area contributed by atoms with Crippen molar-refractivity contribution in [2.45, 2.75) is 13.0 Å². The summed E-state index contributed by atoms with van der Waals surface area (Å²) in [4.78, 5) is 0. The first-order valence-electron chi connectivity index (χ1n) is 6.36. The molecule has 0 aliphatic heterocycles. The molecule has 2 N–H and O–H groups in total. The first-order valence-corrected chi connectivity index (χ1v) is 7.15. The molecule has 0 aliphatic carbocycles. The topological polar surface area (TPSA) is 39.2 Å². The number of aryl methyl sites for hydroxylation is 1. The highest BCUT2D eigenvalue weighted by atomic mass is 79.9. The zero-order chi connectivity index (χ0) is 15.1. The fraction of sp³-hybridized carbons (Fsp3) is 0.125. The number of nitrogens with two attached hydrogens (primary N) is 1. The lowest BCUT2D eigenvalue weighted by Gasteiger charge is -2.10. The lowest BCUT2D eigenvalue weighted by molar-refractivity contribution is 0.475. The van der Waals surface area contributed by atoms with E-state index in [2.05, 4.69) is 15.9 Å². The Morgan fingerprint density at radius 3 is 2.71 bits per heavy atom. The molecule has 1 heterocycles. The van der Waals surface area contributed by atoms with Gasteiger partial charge in [-0.2, -0.15) is 0 Å². The molecular formula is C16H12BrF2NO. The Morgan fingerprint density at radius 1 is 1.19 bits per heavy atom. The molecule has 1 atom stereocenters. The third kappa shape index (κ3) is 2.47. The number of hydrogen-bond donors (Lipinski definition) is 1. The molecule has 0 saturated heterocycles. The Bertz CT molecular complexity index is 829. The van der Waals surface area contributed by atoms with Gasteiger partial charge in [0.25, 0.3) is 0 Å². The van der Waals surface area contributed by atoms with Gasteiger partial charge in [0, 0.05) is 15.4 Å². The van der Waals surface area contributed by atoms with E-state index in [1.165, 1.54) is 12.1 Å². The fourth-order valence-corrected chi connectivity index (χ4v) is 2.96. The molecule has 3 aromatic rings. The van der Waals surface area contributed by atoms with Gasteiger partial charge < -0.3 is 10.2 Å². The summed E-state index contributed by atoms with van der Waals surface area (Å²) in [5.74, 6) is -1.46. The normalized spacial score (nSPS) is 12.8. The van der Waals surface area contributed by atoms with E-state index in [1.54, 1.807) is 6.07 Å². The van der Waals surface area contributed by atoms with E-state index in [-0.39, 0.29) is 5.56 Å². The molecular weight excluding hydrogens is 340 g/mol. The number of fused-ring (bicyclic) bond motifs is 1. The lowest BCUT2D eigenvalue weighted by Crippen LogP contribution is -2.13. The van der Waals surface area contributed by atoms with Gasteiger partial charge in [0.1, 0.15) is 11.3 Å². The molecule has 0 radical (unpaired) electrons. The maximum Gasteiger partial charge on any atom is 0.164 e. The summed E-state index contributed by atoms with van der Waals surface area (Å²) in [5.41, 5.74) is 7.74. The standard InChI is InChI=1S/C16H12BrF2NO/c1-8-5-10(17)6-9-7-13(21-16(8)9)15(20)11-3-2-4-12(18)14(11)19/h2-7,15H,20H2,1H3. The van der Waals surface area contributed by atoms with Crippen molar-refractivity contribution in [1.29, 1.82) is 0 Å². The van der Waals surface area contributed by atoms with Gasteiger partial charge in [-0.3, -0.25) is 0 Å². The molecule has 1 unspecified atom stereocenters. The maximum atomic E-state index is 13.8. The number of hydrogen-bond acceptors (Lipinski definition) is 2. The van der Waals surface area contributed by atoms with Crippen molar-refractivity contribution in [3.63, 3.8) is 0 Å². The van der Waals surface area contributed by atoms with Crippen LogP contribution in [0.5, 0.6) is 0 Å². The summed E-state index contributed by atoms with van der Waals surface area (Å²) in [6.07, 6.45) is 0. The van der Waals surface area contributed by atoms with Crippen molar-refractivity contribution < 1.29 is 13.2 Å². The minimum Gasteiger partial charge on any atom is -0.459 e. The van der Waals surface area contributed by atoms with Gasteiger partial charge in [-0.1, -0.05) is 28.1 Å². The second-order valence-electron chi connectivity index (χ2n) is 4.91. The van der Waals surface area contributed by atoms with Crippen LogP contribution in [0.15, 0.2) is 45.3 Å². The summed E-state index contributed by atoms with van der Waals surface area (Å²) in [6.45, 7) is 1.91. The van der Waals surface area contributed by atoms with E-state index in [1.807, 2.05) is 19.1 Å². The number of halogens is 3. The molecule has 1 aromatic heterocycles. The smallest absolute Gasteiger partial charge is 0.164 e. The fourth-order valence-electron chi connectivity index (χ4n) is 2.37. The third-order valence-electron chi connectivity index (χ3n) is 3.41. The molecule has 2 nitrogen and oxygen atoms in total. The molecule has 0 amide bonds. The average molecular weight is 352 g/mol. The van der Waals surface area contributed by atoms with Gasteiger partial charge in [0.15, 0.2) is 11.6 Å². The van der Waals surface area contributed by atoms with Crippen LogP contribution in [0.4, 0.5) is 8.78 Å². The summed E-state index contributed by atoms with van der Waals surface area (Å²) < 4.78 is 33.8. The van der Waals surface area contributed by atoms with E-state index >= 15 is 0 Å². The highest BCUT2D eigenvalue weighted by molar-refractivity contribution is 9.10. The molecule has 3 rings (SSSR count). The van der Waals surface area contributed by atoms with Crippen LogP contribution in [0.1, 0.15) is 22.9 Å². The zero-order valence-corrected chi connectivity index (χ0v) is 12.7. The van der Waals surface area contributed by atoms with Gasteiger partial charge >= 0.3 is 0 Å². The Labute approximate surface area is 128 Å². The summed E-state index contributed by atoms with van der Waals surface area (Å²) in [5, 5.41) is 0.865. The number of benzene rings is 2. The van der Waals surface area contributed by atoms with Gasteiger partial charge in [-0.25, -0.2) is 8.78 Å². The molecule has 0 saturated carbocycles. The van der Waals surface area contributed by atoms with Crippen molar-refractivity contribution in [2.75, 3.05) is 0 Å². The average Bonchev–Trinajstić information content (AvgIpc) is 2.85. The van der Waals surface area contributed by atoms with Crippen molar-refractivity contribution in [3.05, 3.63) is 69.4 Å². The van der Waals surface area contributed by atoms with Gasteiger partial charge in [-0.05, 0) is 36.8 Å². The largest absolute Gasteiger partial charge is 0.459 e. The monoisotopic (exact) mass is 351 g/mol. The Morgan fingerprint density at radius 2 is 1.95 bits per heavy atom. The van der Waals surface area contributed by atoms with E-state index in [0.29, 0.717) is 11.3 Å². The summed E-state index contributed by atoms with van der Waals surface area (Å²) in [6, 6.07) is 8.66. The Hall–Kier alpha value is -1.72. The van der Waals surface area contributed by atoms with Crippen molar-refractivity contribution in [3.8, 4) is 0 Å². The highest BCUT2D eigenvalue weighted by Crippen LogP contribution is 2.32. The van der Waals surface area contributed by atoms with Crippen LogP contribution in [0.2, 0.25) is 0 Å². The molecule has 0 fully saturated rings. The second-order valence-corrected chi connectivity index (χ2v) is 5.83. The number of rotatable bonds is 2. The van der Waals surface area contributed by atoms with Crippen LogP contribution in [-0.2, 0) is 0 Å². The summed E-state index contributed by atoms with van der Waals surface area (Å²) >= 11 is 3.41. The lowest BCUT2D eigenvalue weighted by atomic mass is 10.0. The van der Waals surface area contributed by atoms with Crippen LogP contribution < -0.4 is 5.73 Å². The number of furan rings is 1. The molecule has 0 spiro atoms. The summed E-state index contributed by atoms with van der Waals surface area (Å²) in [7, 11) is 0. The minimum absolute atomic E-state index is 0.0748. The van der Waals surface area contributed by atoms with Crippen LogP contribution in [-0.4, -0.2) is 0 Å². The minimum atomic E-state index is -0.941. The predicted molar refractivity (Wildman–Crippen MR) is 81.0 cm³/mol. The molecule has 2 aromatic carbocycles. The molecule has 108 valence electrons. The second kappa shape index (κ2) is 5.24. The van der Waals surface area contributed by atoms with Gasteiger partial charge in [-0.15, -0.1) is 0 Å². The first kappa shape index (κ1) is 14.2. The first-order chi connectivity index (χ1) is 9.97. The molecule has 5 heteroatoms. The predicted octanol–water partition coefficient (Wildman–Crippen LogP) is 4.83. The van der Waals surface area contributed by atoms with E-state index in [9.17, 15) is 8.78 Å². The SMILES string of the molecule is Cc1cc(Br)cc2cc(C(N)c3cccc(F)c3F)oc12. The van der Waals surface area contributed by atoms with Crippen molar-refractivity contribution in [2.24, 2.45) is 5.73 Å².